The Labute approximate surface area is 90.1 Å². The lowest BCUT2D eigenvalue weighted by Gasteiger charge is -2.30. The van der Waals surface area contributed by atoms with Gasteiger partial charge >= 0.3 is 5.97 Å². The predicted molar refractivity (Wildman–Crippen MR) is 57.1 cm³/mol. The van der Waals surface area contributed by atoms with Gasteiger partial charge in [-0.15, -0.1) is 6.42 Å². The van der Waals surface area contributed by atoms with Crippen LogP contribution in [0.1, 0.15) is 33.6 Å². The summed E-state index contributed by atoms with van der Waals surface area (Å²) in [6.45, 7) is 5.62. The average molecular weight is 211 g/mol. The second-order valence-corrected chi connectivity index (χ2v) is 4.46. The lowest BCUT2D eigenvalue weighted by molar-refractivity contribution is -0.138. The molecule has 0 aliphatic heterocycles. The lowest BCUT2D eigenvalue weighted by Crippen LogP contribution is -2.44. The number of hydrogen-bond acceptors (Lipinski definition) is 2. The summed E-state index contributed by atoms with van der Waals surface area (Å²) in [4.78, 5) is 21.8. The van der Waals surface area contributed by atoms with Crippen LogP contribution < -0.4 is 5.32 Å². The van der Waals surface area contributed by atoms with Crippen LogP contribution in [0.4, 0.5) is 0 Å². The van der Waals surface area contributed by atoms with E-state index in [0.29, 0.717) is 0 Å². The Morgan fingerprint density at radius 3 is 2.33 bits per heavy atom. The molecule has 15 heavy (non-hydrogen) atoms. The van der Waals surface area contributed by atoms with Crippen LogP contribution in [0.3, 0.4) is 0 Å². The van der Waals surface area contributed by atoms with Crippen LogP contribution in [-0.4, -0.2) is 23.0 Å². The molecule has 4 nitrogen and oxygen atoms in total. The van der Waals surface area contributed by atoms with E-state index in [0.717, 1.165) is 0 Å². The summed E-state index contributed by atoms with van der Waals surface area (Å²) in [6.07, 6.45) is 4.87. The van der Waals surface area contributed by atoms with Gasteiger partial charge in [0.1, 0.15) is 0 Å². The minimum atomic E-state index is -0.934. The highest BCUT2D eigenvalue weighted by Crippen LogP contribution is 2.21. The van der Waals surface area contributed by atoms with Crippen molar-refractivity contribution in [1.82, 2.24) is 5.32 Å². The molecule has 4 heteroatoms. The Balaban J connectivity index is 4.46. The van der Waals surface area contributed by atoms with Crippen LogP contribution in [-0.2, 0) is 9.59 Å². The van der Waals surface area contributed by atoms with Gasteiger partial charge in [-0.25, -0.2) is 0 Å². The summed E-state index contributed by atoms with van der Waals surface area (Å²) in [5, 5.41) is 11.3. The van der Waals surface area contributed by atoms with Crippen LogP contribution in [0.2, 0.25) is 0 Å². The molecule has 0 saturated heterocycles. The zero-order valence-electron chi connectivity index (χ0n) is 9.33. The van der Waals surface area contributed by atoms with Gasteiger partial charge in [0, 0.05) is 6.04 Å². The molecule has 0 aliphatic rings. The Morgan fingerprint density at radius 2 is 2.00 bits per heavy atom. The number of hydrogen-bond donors (Lipinski definition) is 2. The molecular weight excluding hydrogens is 194 g/mol. The van der Waals surface area contributed by atoms with E-state index < -0.39 is 12.0 Å². The largest absolute Gasteiger partial charge is 0.481 e. The Hall–Kier alpha value is -1.50. The molecule has 0 aromatic heterocycles. The average Bonchev–Trinajstić information content (AvgIpc) is 2.00. The van der Waals surface area contributed by atoms with Crippen molar-refractivity contribution in [3.63, 3.8) is 0 Å². The van der Waals surface area contributed by atoms with Gasteiger partial charge in [-0.05, 0) is 5.41 Å². The fourth-order valence-corrected chi connectivity index (χ4v) is 1.09. The molecule has 0 aromatic rings. The molecule has 0 heterocycles. The van der Waals surface area contributed by atoms with Crippen molar-refractivity contribution in [2.24, 2.45) is 5.41 Å². The highest BCUT2D eigenvalue weighted by molar-refractivity contribution is 5.79. The molecule has 0 bridgehead atoms. The standard InChI is InChI=1S/C11H17NO3/c1-5-6-9(13)12-8(7-10(14)15)11(2,3)4/h1,8H,6-7H2,2-4H3,(H,12,13)(H,14,15). The van der Waals surface area contributed by atoms with E-state index in [1.165, 1.54) is 0 Å². The molecule has 84 valence electrons. The maximum atomic E-state index is 11.2. The van der Waals surface area contributed by atoms with E-state index in [1.54, 1.807) is 0 Å². The summed E-state index contributed by atoms with van der Waals surface area (Å²) in [5.74, 6) is 0.977. The van der Waals surface area contributed by atoms with Crippen molar-refractivity contribution < 1.29 is 14.7 Å². The molecule has 1 amide bonds. The van der Waals surface area contributed by atoms with Crippen LogP contribution in [0, 0.1) is 17.8 Å². The first-order chi connectivity index (χ1) is 6.77. The van der Waals surface area contributed by atoms with Crippen LogP contribution >= 0.6 is 0 Å². The van der Waals surface area contributed by atoms with Crippen molar-refractivity contribution in [2.45, 2.75) is 39.7 Å². The van der Waals surface area contributed by atoms with Crippen LogP contribution in [0.15, 0.2) is 0 Å². The summed E-state index contributed by atoms with van der Waals surface area (Å²) < 4.78 is 0. The maximum Gasteiger partial charge on any atom is 0.305 e. The van der Waals surface area contributed by atoms with E-state index in [9.17, 15) is 9.59 Å². The van der Waals surface area contributed by atoms with Gasteiger partial charge in [-0.2, -0.15) is 0 Å². The van der Waals surface area contributed by atoms with Crippen molar-refractivity contribution in [3.05, 3.63) is 0 Å². The SMILES string of the molecule is C#CCC(=O)NC(CC(=O)O)C(C)(C)C. The minimum Gasteiger partial charge on any atom is -0.481 e. The zero-order chi connectivity index (χ0) is 12.1. The Morgan fingerprint density at radius 1 is 1.47 bits per heavy atom. The molecule has 0 saturated carbocycles. The summed E-state index contributed by atoms with van der Waals surface area (Å²) in [7, 11) is 0. The third-order valence-electron chi connectivity index (χ3n) is 2.02. The number of terminal acetylenes is 1. The fraction of sp³-hybridized carbons (Fsp3) is 0.636. The van der Waals surface area contributed by atoms with Crippen molar-refractivity contribution in [1.29, 1.82) is 0 Å². The van der Waals surface area contributed by atoms with Gasteiger partial charge < -0.3 is 10.4 Å². The van der Waals surface area contributed by atoms with E-state index in [-0.39, 0.29) is 24.2 Å². The third kappa shape index (κ3) is 5.74. The van der Waals surface area contributed by atoms with E-state index in [2.05, 4.69) is 11.2 Å². The first-order valence-corrected chi connectivity index (χ1v) is 4.72. The summed E-state index contributed by atoms with van der Waals surface area (Å²) in [5.41, 5.74) is -0.303. The third-order valence-corrected chi connectivity index (χ3v) is 2.02. The van der Waals surface area contributed by atoms with Crippen molar-refractivity contribution in [2.75, 3.05) is 0 Å². The van der Waals surface area contributed by atoms with Gasteiger partial charge in [0.05, 0.1) is 12.8 Å². The maximum absolute atomic E-state index is 11.2. The molecule has 1 atom stereocenters. The summed E-state index contributed by atoms with van der Waals surface area (Å²) >= 11 is 0. The van der Waals surface area contributed by atoms with Crippen LogP contribution in [0.25, 0.3) is 0 Å². The molecule has 0 aromatic carbocycles. The number of nitrogens with one attached hydrogen (secondary N) is 1. The van der Waals surface area contributed by atoms with Gasteiger partial charge in [-0.3, -0.25) is 9.59 Å². The second kappa shape index (κ2) is 5.40. The molecule has 2 N–H and O–H groups in total. The number of carboxylic acids is 1. The minimum absolute atomic E-state index is 0.0216. The highest BCUT2D eigenvalue weighted by Gasteiger charge is 2.27. The first-order valence-electron chi connectivity index (χ1n) is 4.72. The number of amides is 1. The number of carbonyl (C=O) groups is 2. The molecule has 0 aliphatic carbocycles. The van der Waals surface area contributed by atoms with Crippen LogP contribution in [0.5, 0.6) is 0 Å². The molecule has 0 radical (unpaired) electrons. The molecular formula is C11H17NO3. The number of rotatable bonds is 4. The second-order valence-electron chi connectivity index (χ2n) is 4.46. The number of carboxylic acid groups (broad SMARTS) is 1. The monoisotopic (exact) mass is 211 g/mol. The van der Waals surface area contributed by atoms with Gasteiger partial charge in [0.2, 0.25) is 5.91 Å². The molecule has 1 unspecified atom stereocenters. The van der Waals surface area contributed by atoms with E-state index in [4.69, 9.17) is 11.5 Å². The first kappa shape index (κ1) is 13.5. The Bertz CT molecular complexity index is 283. The topological polar surface area (TPSA) is 66.4 Å². The fourth-order valence-electron chi connectivity index (χ4n) is 1.09. The van der Waals surface area contributed by atoms with Gasteiger partial charge in [0.15, 0.2) is 0 Å². The normalized spacial score (nSPS) is 12.7. The lowest BCUT2D eigenvalue weighted by atomic mass is 9.84. The quantitative estimate of drug-likeness (QED) is 0.682. The number of carbonyl (C=O) groups excluding carboxylic acids is 1. The molecule has 0 rings (SSSR count). The summed E-state index contributed by atoms with van der Waals surface area (Å²) in [6, 6.07) is -0.407. The van der Waals surface area contributed by atoms with Gasteiger partial charge in [0.25, 0.3) is 0 Å². The van der Waals surface area contributed by atoms with E-state index >= 15 is 0 Å². The smallest absolute Gasteiger partial charge is 0.305 e. The molecule has 0 fully saturated rings. The van der Waals surface area contributed by atoms with Gasteiger partial charge in [-0.1, -0.05) is 26.7 Å². The highest BCUT2D eigenvalue weighted by atomic mass is 16.4. The zero-order valence-corrected chi connectivity index (χ0v) is 9.33. The van der Waals surface area contributed by atoms with Crippen molar-refractivity contribution >= 4 is 11.9 Å². The molecule has 0 spiro atoms. The predicted octanol–water partition coefficient (Wildman–Crippen LogP) is 1.02. The number of aliphatic carboxylic acids is 1. The Kier molecular flexibility index (Phi) is 4.86. The van der Waals surface area contributed by atoms with Crippen molar-refractivity contribution in [3.8, 4) is 12.3 Å². The van der Waals surface area contributed by atoms with E-state index in [1.807, 2.05) is 20.8 Å².